The maximum atomic E-state index is 11.6. The van der Waals surface area contributed by atoms with E-state index in [4.69, 9.17) is 4.74 Å². The minimum atomic E-state index is -0.200. The van der Waals surface area contributed by atoms with E-state index in [1.165, 1.54) is 0 Å². The van der Waals surface area contributed by atoms with Gasteiger partial charge in [0, 0.05) is 6.54 Å². The zero-order chi connectivity index (χ0) is 14.3. The lowest BCUT2D eigenvalue weighted by Gasteiger charge is -2.26. The van der Waals surface area contributed by atoms with E-state index in [1.54, 1.807) is 7.11 Å². The van der Waals surface area contributed by atoms with Crippen molar-refractivity contribution in [3.8, 4) is 5.75 Å². The summed E-state index contributed by atoms with van der Waals surface area (Å²) in [7, 11) is 3.43. The van der Waals surface area contributed by atoms with E-state index in [1.807, 2.05) is 43.1 Å². The topological polar surface area (TPSA) is 61.8 Å². The van der Waals surface area contributed by atoms with Crippen LogP contribution in [0, 0.1) is 0 Å². The molecule has 5 nitrogen and oxygen atoms in total. The lowest BCUT2D eigenvalue weighted by atomic mass is 10.1. The molecule has 0 aliphatic heterocycles. The molecule has 0 aliphatic carbocycles. The summed E-state index contributed by atoms with van der Waals surface area (Å²) in [5.74, 6) is 0.726. The van der Waals surface area contributed by atoms with Crippen molar-refractivity contribution in [2.24, 2.45) is 0 Å². The monoisotopic (exact) mass is 266 g/mol. The first kappa shape index (κ1) is 15.5. The van der Waals surface area contributed by atoms with Crippen molar-refractivity contribution < 1.29 is 14.6 Å². The summed E-state index contributed by atoms with van der Waals surface area (Å²) in [5.41, 5.74) is 0.954. The quantitative estimate of drug-likeness (QED) is 0.766. The molecule has 0 bridgehead atoms. The highest BCUT2D eigenvalue weighted by Gasteiger charge is 2.18. The van der Waals surface area contributed by atoms with Gasteiger partial charge in [-0.15, -0.1) is 0 Å². The van der Waals surface area contributed by atoms with E-state index in [0.29, 0.717) is 6.54 Å². The van der Waals surface area contributed by atoms with Gasteiger partial charge < -0.3 is 15.2 Å². The number of rotatable bonds is 7. The van der Waals surface area contributed by atoms with Crippen molar-refractivity contribution >= 4 is 5.91 Å². The number of ether oxygens (including phenoxy) is 1. The zero-order valence-electron chi connectivity index (χ0n) is 11.7. The average Bonchev–Trinajstić information content (AvgIpc) is 2.40. The van der Waals surface area contributed by atoms with Gasteiger partial charge in [-0.1, -0.05) is 12.1 Å². The van der Waals surface area contributed by atoms with Crippen LogP contribution in [0.25, 0.3) is 0 Å². The van der Waals surface area contributed by atoms with E-state index in [0.717, 1.165) is 11.3 Å². The summed E-state index contributed by atoms with van der Waals surface area (Å²) in [6, 6.07) is 7.28. The smallest absolute Gasteiger partial charge is 0.234 e. The molecule has 0 aliphatic rings. The predicted molar refractivity (Wildman–Crippen MR) is 74.1 cm³/mol. The highest BCUT2D eigenvalue weighted by Crippen LogP contribution is 2.21. The number of hydrogen-bond donors (Lipinski definition) is 2. The van der Waals surface area contributed by atoms with Gasteiger partial charge in [-0.05, 0) is 31.7 Å². The molecule has 1 unspecified atom stereocenters. The highest BCUT2D eigenvalue weighted by molar-refractivity contribution is 5.77. The Morgan fingerprint density at radius 3 is 2.53 bits per heavy atom. The van der Waals surface area contributed by atoms with Crippen LogP contribution in [-0.2, 0) is 4.79 Å². The molecule has 1 aromatic rings. The van der Waals surface area contributed by atoms with Gasteiger partial charge in [0.15, 0.2) is 0 Å². The molecule has 1 atom stereocenters. The SMILES string of the molecule is CCNC(=O)CN(C)C(CO)c1ccc(OC)cc1. The molecule has 0 radical (unpaired) electrons. The lowest BCUT2D eigenvalue weighted by Crippen LogP contribution is -2.38. The molecule has 5 heteroatoms. The largest absolute Gasteiger partial charge is 0.497 e. The molecule has 0 spiro atoms. The Labute approximate surface area is 114 Å². The summed E-state index contributed by atoms with van der Waals surface area (Å²) in [4.78, 5) is 13.4. The van der Waals surface area contributed by atoms with Crippen LogP contribution >= 0.6 is 0 Å². The molecule has 0 heterocycles. The summed E-state index contributed by atoms with van der Waals surface area (Å²) >= 11 is 0. The number of amides is 1. The Morgan fingerprint density at radius 2 is 2.05 bits per heavy atom. The molecule has 1 amide bonds. The minimum absolute atomic E-state index is 0.0395. The molecule has 19 heavy (non-hydrogen) atoms. The van der Waals surface area contributed by atoms with Crippen LogP contribution in [0.1, 0.15) is 18.5 Å². The second-order valence-corrected chi connectivity index (χ2v) is 4.34. The van der Waals surface area contributed by atoms with Crippen molar-refractivity contribution in [1.82, 2.24) is 10.2 Å². The van der Waals surface area contributed by atoms with Crippen LogP contribution in [0.5, 0.6) is 5.75 Å². The number of nitrogens with one attached hydrogen (secondary N) is 1. The normalized spacial score (nSPS) is 12.3. The van der Waals surface area contributed by atoms with Gasteiger partial charge >= 0.3 is 0 Å². The Morgan fingerprint density at radius 1 is 1.42 bits per heavy atom. The predicted octanol–water partition coefficient (Wildman–Crippen LogP) is 0.797. The summed E-state index contributed by atoms with van der Waals surface area (Å²) < 4.78 is 5.10. The van der Waals surface area contributed by atoms with Gasteiger partial charge in [0.25, 0.3) is 0 Å². The third-order valence-corrected chi connectivity index (χ3v) is 2.97. The van der Waals surface area contributed by atoms with Crippen molar-refractivity contribution in [3.05, 3.63) is 29.8 Å². The maximum absolute atomic E-state index is 11.6. The van der Waals surface area contributed by atoms with Gasteiger partial charge in [0.1, 0.15) is 5.75 Å². The zero-order valence-corrected chi connectivity index (χ0v) is 11.7. The molecule has 0 saturated carbocycles. The molecule has 0 saturated heterocycles. The van der Waals surface area contributed by atoms with Gasteiger partial charge in [0.2, 0.25) is 5.91 Å². The van der Waals surface area contributed by atoms with E-state index >= 15 is 0 Å². The number of aliphatic hydroxyl groups is 1. The highest BCUT2D eigenvalue weighted by atomic mass is 16.5. The second kappa shape index (κ2) is 7.76. The van der Waals surface area contributed by atoms with E-state index in [9.17, 15) is 9.90 Å². The van der Waals surface area contributed by atoms with Crippen LogP contribution < -0.4 is 10.1 Å². The van der Waals surface area contributed by atoms with E-state index in [-0.39, 0.29) is 25.1 Å². The number of nitrogens with zero attached hydrogens (tertiary/aromatic N) is 1. The molecule has 1 rings (SSSR count). The Bertz CT molecular complexity index is 392. The standard InChI is InChI=1S/C14H22N2O3/c1-4-15-14(18)9-16(2)13(10-17)11-5-7-12(19-3)8-6-11/h5-8,13,17H,4,9-10H2,1-3H3,(H,15,18). The van der Waals surface area contributed by atoms with Crippen LogP contribution in [0.15, 0.2) is 24.3 Å². The lowest BCUT2D eigenvalue weighted by molar-refractivity contribution is -0.122. The molecule has 0 aromatic heterocycles. The number of aliphatic hydroxyl groups excluding tert-OH is 1. The molecule has 1 aromatic carbocycles. The molecular formula is C14H22N2O3. The first-order chi connectivity index (χ1) is 9.12. The van der Waals surface area contributed by atoms with Gasteiger partial charge in [0.05, 0.1) is 26.3 Å². The Kier molecular flexibility index (Phi) is 6.32. The van der Waals surface area contributed by atoms with E-state index in [2.05, 4.69) is 5.32 Å². The minimum Gasteiger partial charge on any atom is -0.497 e. The summed E-state index contributed by atoms with van der Waals surface area (Å²) in [6.45, 7) is 2.71. The third kappa shape index (κ3) is 4.54. The van der Waals surface area contributed by atoms with Crippen LogP contribution in [0.4, 0.5) is 0 Å². The van der Waals surface area contributed by atoms with Gasteiger partial charge in [-0.25, -0.2) is 0 Å². The van der Waals surface area contributed by atoms with Crippen LogP contribution in [-0.4, -0.2) is 49.8 Å². The average molecular weight is 266 g/mol. The second-order valence-electron chi connectivity index (χ2n) is 4.34. The number of hydrogen-bond acceptors (Lipinski definition) is 4. The van der Waals surface area contributed by atoms with Crippen molar-refractivity contribution in [2.45, 2.75) is 13.0 Å². The van der Waals surface area contributed by atoms with Crippen LogP contribution in [0.3, 0.4) is 0 Å². The molecule has 106 valence electrons. The van der Waals surface area contributed by atoms with Crippen molar-refractivity contribution in [2.75, 3.05) is 33.9 Å². The maximum Gasteiger partial charge on any atom is 0.234 e. The molecule has 2 N–H and O–H groups in total. The third-order valence-electron chi connectivity index (χ3n) is 2.97. The number of methoxy groups -OCH3 is 1. The van der Waals surface area contributed by atoms with Crippen molar-refractivity contribution in [1.29, 1.82) is 0 Å². The fourth-order valence-corrected chi connectivity index (χ4v) is 1.92. The summed E-state index contributed by atoms with van der Waals surface area (Å²) in [6.07, 6.45) is 0. The van der Waals surface area contributed by atoms with E-state index < -0.39 is 0 Å². The number of carbonyl (C=O) groups is 1. The summed E-state index contributed by atoms with van der Waals surface area (Å²) in [5, 5.41) is 12.3. The first-order valence-electron chi connectivity index (χ1n) is 6.34. The van der Waals surface area contributed by atoms with Crippen molar-refractivity contribution in [3.63, 3.8) is 0 Å². The number of carbonyl (C=O) groups excluding carboxylic acids is 1. The van der Waals surface area contributed by atoms with Gasteiger partial charge in [-0.3, -0.25) is 9.69 Å². The Hall–Kier alpha value is -1.59. The first-order valence-corrected chi connectivity index (χ1v) is 6.34. The van der Waals surface area contributed by atoms with Gasteiger partial charge in [-0.2, -0.15) is 0 Å². The number of benzene rings is 1. The fraction of sp³-hybridized carbons (Fsp3) is 0.500. The number of likely N-dealkylation sites (N-methyl/N-ethyl adjacent to an activating group) is 2. The van der Waals surface area contributed by atoms with Crippen LogP contribution in [0.2, 0.25) is 0 Å². The molecule has 0 fully saturated rings. The fourth-order valence-electron chi connectivity index (χ4n) is 1.92. The molecular weight excluding hydrogens is 244 g/mol. The Balaban J connectivity index is 2.72.